The smallest absolute Gasteiger partial charge is 0.216 e. The zero-order valence-electron chi connectivity index (χ0n) is 16.5. The first-order valence-electron chi connectivity index (χ1n) is 9.95. The van der Waals surface area contributed by atoms with E-state index >= 15 is 0 Å². The summed E-state index contributed by atoms with van der Waals surface area (Å²) in [6.45, 7) is 3.68. The van der Waals surface area contributed by atoms with Crippen LogP contribution in [0.1, 0.15) is 38.8 Å². The van der Waals surface area contributed by atoms with Crippen LogP contribution in [0.15, 0.2) is 24.4 Å². The molecule has 3 aromatic heterocycles. The Hall–Kier alpha value is -2.65. The van der Waals surface area contributed by atoms with Gasteiger partial charge >= 0.3 is 0 Å². The molecule has 1 fully saturated rings. The molecule has 0 radical (unpaired) electrons. The number of nitrogens with one attached hydrogen (secondary N) is 2. The van der Waals surface area contributed by atoms with Gasteiger partial charge in [-0.2, -0.15) is 5.10 Å². The first kappa shape index (κ1) is 19.7. The molecule has 0 aliphatic carbocycles. The van der Waals surface area contributed by atoms with E-state index in [0.717, 1.165) is 65.3 Å². The zero-order chi connectivity index (χ0) is 20.2. The van der Waals surface area contributed by atoms with Gasteiger partial charge in [0.15, 0.2) is 6.23 Å². The van der Waals surface area contributed by atoms with Crippen LogP contribution in [0.5, 0.6) is 0 Å². The van der Waals surface area contributed by atoms with E-state index in [1.165, 1.54) is 6.92 Å². The van der Waals surface area contributed by atoms with Gasteiger partial charge in [0.25, 0.3) is 0 Å². The summed E-state index contributed by atoms with van der Waals surface area (Å²) in [6.07, 6.45) is 5.88. The Morgan fingerprint density at radius 2 is 2.28 bits per heavy atom. The van der Waals surface area contributed by atoms with Gasteiger partial charge in [0.05, 0.1) is 26.5 Å². The van der Waals surface area contributed by atoms with E-state index < -0.39 is 0 Å². The number of carbonyl (C=O) groups excluding carboxylic acids is 1. The second-order valence-electron chi connectivity index (χ2n) is 7.17. The fourth-order valence-corrected chi connectivity index (χ4v) is 4.64. The zero-order valence-corrected chi connectivity index (χ0v) is 17.3. The van der Waals surface area contributed by atoms with Crippen molar-refractivity contribution in [1.82, 2.24) is 20.1 Å². The molecule has 1 saturated heterocycles. The van der Waals surface area contributed by atoms with E-state index in [0.29, 0.717) is 12.4 Å². The third kappa shape index (κ3) is 4.51. The summed E-state index contributed by atoms with van der Waals surface area (Å²) in [5.74, 6) is 0.470. The molecule has 1 unspecified atom stereocenters. The second kappa shape index (κ2) is 8.79. The van der Waals surface area contributed by atoms with Crippen LogP contribution in [0.25, 0.3) is 20.8 Å². The van der Waals surface area contributed by atoms with Crippen LogP contribution in [0.2, 0.25) is 0 Å². The van der Waals surface area contributed by atoms with Crippen molar-refractivity contribution in [1.29, 1.82) is 0 Å². The Morgan fingerprint density at radius 3 is 3.07 bits per heavy atom. The van der Waals surface area contributed by atoms with Crippen LogP contribution in [-0.4, -0.2) is 40.4 Å². The number of carbonyl (C=O) groups is 1. The van der Waals surface area contributed by atoms with Crippen LogP contribution in [0.3, 0.4) is 0 Å². The maximum absolute atomic E-state index is 11.0. The Balaban J connectivity index is 1.57. The third-order valence-corrected chi connectivity index (χ3v) is 6.07. The minimum absolute atomic E-state index is 0.0108. The fourth-order valence-electron chi connectivity index (χ4n) is 3.53. The van der Waals surface area contributed by atoms with Gasteiger partial charge in [-0.25, -0.2) is 9.67 Å². The predicted octanol–water partition coefficient (Wildman–Crippen LogP) is 3.38. The molecule has 0 aromatic carbocycles. The van der Waals surface area contributed by atoms with Gasteiger partial charge in [-0.1, -0.05) is 0 Å². The van der Waals surface area contributed by atoms with Crippen LogP contribution < -0.4 is 16.4 Å². The number of pyridine rings is 1. The van der Waals surface area contributed by atoms with Gasteiger partial charge in [-0.05, 0) is 37.8 Å². The predicted molar refractivity (Wildman–Crippen MR) is 116 cm³/mol. The quantitative estimate of drug-likeness (QED) is 0.512. The van der Waals surface area contributed by atoms with Crippen LogP contribution in [0.4, 0.5) is 11.5 Å². The Morgan fingerprint density at radius 1 is 1.38 bits per heavy atom. The molecule has 4 heterocycles. The maximum atomic E-state index is 11.0. The van der Waals surface area contributed by atoms with E-state index in [-0.39, 0.29) is 12.1 Å². The summed E-state index contributed by atoms with van der Waals surface area (Å²) in [6, 6.07) is 5.95. The number of hydrogen-bond acceptors (Lipinski definition) is 7. The molecule has 0 spiro atoms. The fraction of sp³-hybridized carbons (Fsp3) is 0.450. The molecule has 0 saturated carbocycles. The standard InChI is InChI=1S/C20H26N6O2S/c1-13(27)22-7-4-8-23-14-12-18(21)25-15-11-17(29-20(14)15)16-6-9-24-26(16)19-5-2-3-10-28-19/h6,9,11-12,19H,2-5,7-8,10H2,1H3,(H,22,27)(H3,21,23,25). The molecule has 154 valence electrons. The van der Waals surface area contributed by atoms with Crippen molar-refractivity contribution in [3.8, 4) is 10.6 Å². The number of rotatable bonds is 7. The number of hydrogen-bond donors (Lipinski definition) is 3. The lowest BCUT2D eigenvalue weighted by Gasteiger charge is -2.24. The Labute approximate surface area is 173 Å². The highest BCUT2D eigenvalue weighted by molar-refractivity contribution is 7.22. The molecule has 0 bridgehead atoms. The van der Waals surface area contributed by atoms with Gasteiger partial charge < -0.3 is 21.1 Å². The van der Waals surface area contributed by atoms with Gasteiger partial charge in [0.1, 0.15) is 5.82 Å². The summed E-state index contributed by atoms with van der Waals surface area (Å²) in [5, 5.41) is 10.8. The Bertz CT molecular complexity index is 992. The molecule has 3 aromatic rings. The molecule has 4 N–H and O–H groups in total. The SMILES string of the molecule is CC(=O)NCCCNc1cc(N)nc2cc(-c3ccnn3C3CCCCO3)sc12. The van der Waals surface area contributed by atoms with Crippen LogP contribution in [-0.2, 0) is 9.53 Å². The molecule has 4 rings (SSSR count). The van der Waals surface area contributed by atoms with Crippen LogP contribution >= 0.6 is 11.3 Å². The third-order valence-electron chi connectivity index (χ3n) is 4.89. The average molecular weight is 415 g/mol. The molecule has 1 aliphatic heterocycles. The highest BCUT2D eigenvalue weighted by Crippen LogP contribution is 2.39. The summed E-state index contributed by atoms with van der Waals surface area (Å²) in [4.78, 5) is 16.6. The topological polar surface area (TPSA) is 107 Å². The van der Waals surface area contributed by atoms with Crippen molar-refractivity contribution < 1.29 is 9.53 Å². The van der Waals surface area contributed by atoms with Crippen LogP contribution in [0, 0.1) is 0 Å². The molecule has 1 atom stereocenters. The number of nitrogens with two attached hydrogens (primary N) is 1. The van der Waals surface area contributed by atoms with Crippen molar-refractivity contribution in [2.24, 2.45) is 0 Å². The monoisotopic (exact) mass is 414 g/mol. The Kier molecular flexibility index (Phi) is 5.96. The normalized spacial score (nSPS) is 16.8. The van der Waals surface area contributed by atoms with Crippen molar-refractivity contribution in [3.05, 3.63) is 24.4 Å². The number of amides is 1. The largest absolute Gasteiger partial charge is 0.384 e. The van der Waals surface area contributed by atoms with E-state index in [2.05, 4.69) is 26.8 Å². The first-order chi connectivity index (χ1) is 14.1. The number of nitrogen functional groups attached to an aromatic ring is 1. The molecule has 9 heteroatoms. The first-order valence-corrected chi connectivity index (χ1v) is 10.8. The minimum Gasteiger partial charge on any atom is -0.384 e. The lowest BCUT2D eigenvalue weighted by molar-refractivity contribution is -0.118. The van der Waals surface area contributed by atoms with E-state index in [1.807, 2.05) is 23.0 Å². The van der Waals surface area contributed by atoms with Gasteiger partial charge in [-0.3, -0.25) is 4.79 Å². The maximum Gasteiger partial charge on any atom is 0.216 e. The summed E-state index contributed by atoms with van der Waals surface area (Å²) in [7, 11) is 0. The average Bonchev–Trinajstić information content (AvgIpc) is 3.34. The second-order valence-corrected chi connectivity index (χ2v) is 8.22. The van der Waals surface area contributed by atoms with Crippen molar-refractivity contribution in [3.63, 3.8) is 0 Å². The van der Waals surface area contributed by atoms with Crippen molar-refractivity contribution in [2.45, 2.75) is 38.8 Å². The molecule has 8 nitrogen and oxygen atoms in total. The lowest BCUT2D eigenvalue weighted by Crippen LogP contribution is -2.22. The minimum atomic E-state index is -0.0120. The number of thiophene rings is 1. The summed E-state index contributed by atoms with van der Waals surface area (Å²) < 4.78 is 8.96. The van der Waals surface area contributed by atoms with Gasteiger partial charge in [0.2, 0.25) is 5.91 Å². The molecule has 29 heavy (non-hydrogen) atoms. The molecular weight excluding hydrogens is 388 g/mol. The number of fused-ring (bicyclic) bond motifs is 1. The van der Waals surface area contributed by atoms with Gasteiger partial charge in [0, 0.05) is 38.9 Å². The molecular formula is C20H26N6O2S. The summed E-state index contributed by atoms with van der Waals surface area (Å²) >= 11 is 1.67. The van der Waals surface area contributed by atoms with Gasteiger partial charge in [-0.15, -0.1) is 11.3 Å². The van der Waals surface area contributed by atoms with E-state index in [1.54, 1.807) is 11.3 Å². The van der Waals surface area contributed by atoms with Crippen molar-refractivity contribution >= 4 is 39.0 Å². The van der Waals surface area contributed by atoms with E-state index in [4.69, 9.17) is 10.5 Å². The number of ether oxygens (including phenoxy) is 1. The number of anilines is 2. The highest BCUT2D eigenvalue weighted by Gasteiger charge is 2.21. The number of nitrogens with zero attached hydrogens (tertiary/aromatic N) is 3. The molecule has 1 aliphatic rings. The highest BCUT2D eigenvalue weighted by atomic mass is 32.1. The lowest BCUT2D eigenvalue weighted by atomic mass is 10.2. The van der Waals surface area contributed by atoms with E-state index in [9.17, 15) is 4.79 Å². The molecule has 1 amide bonds. The number of aromatic nitrogens is 3. The summed E-state index contributed by atoms with van der Waals surface area (Å²) in [5.41, 5.74) is 8.90. The van der Waals surface area contributed by atoms with Crippen molar-refractivity contribution in [2.75, 3.05) is 30.7 Å².